The van der Waals surface area contributed by atoms with Crippen LogP contribution in [0, 0.1) is 11.3 Å². The summed E-state index contributed by atoms with van der Waals surface area (Å²) in [5.74, 6) is -1.34. The zero-order valence-electron chi connectivity index (χ0n) is 21.2. The van der Waals surface area contributed by atoms with E-state index in [0.29, 0.717) is 11.3 Å². The molecule has 0 aliphatic rings. The minimum atomic E-state index is -1.27. The number of carboxylic acids is 1. The monoisotopic (exact) mass is 528 g/mol. The zero-order valence-corrected chi connectivity index (χ0v) is 21.2. The molecular formula is C29H28N4O6. The van der Waals surface area contributed by atoms with Gasteiger partial charge in [0.05, 0.1) is 34.5 Å². The first-order valence-corrected chi connectivity index (χ1v) is 12.2. The first-order chi connectivity index (χ1) is 18.8. The molecule has 0 bridgehead atoms. The number of aliphatic hydroxyl groups excluding tert-OH is 2. The van der Waals surface area contributed by atoms with E-state index in [1.807, 2.05) is 42.5 Å². The number of hydrogen-bond acceptors (Lipinski definition) is 7. The fourth-order valence-corrected chi connectivity index (χ4v) is 4.22. The van der Waals surface area contributed by atoms with Gasteiger partial charge in [0.15, 0.2) is 0 Å². The predicted octanol–water partition coefficient (Wildman–Crippen LogP) is 3.06. The molecule has 0 aliphatic carbocycles. The average molecular weight is 529 g/mol. The van der Waals surface area contributed by atoms with Gasteiger partial charge >= 0.3 is 5.97 Å². The van der Waals surface area contributed by atoms with Gasteiger partial charge in [-0.15, -0.1) is 0 Å². The van der Waals surface area contributed by atoms with Crippen molar-refractivity contribution in [2.45, 2.75) is 12.2 Å². The Morgan fingerprint density at radius 1 is 1.03 bits per heavy atom. The highest BCUT2D eigenvalue weighted by molar-refractivity contribution is 6.09. The number of anilines is 1. The summed E-state index contributed by atoms with van der Waals surface area (Å²) in [4.78, 5) is 24.7. The minimum Gasteiger partial charge on any atom is -0.489 e. The van der Waals surface area contributed by atoms with Gasteiger partial charge in [0.2, 0.25) is 0 Å². The summed E-state index contributed by atoms with van der Waals surface area (Å²) in [6.45, 7) is 0.459. The topological polar surface area (TPSA) is 157 Å². The fourth-order valence-electron chi connectivity index (χ4n) is 4.22. The Bertz CT molecular complexity index is 1530. The van der Waals surface area contributed by atoms with Crippen molar-refractivity contribution < 1.29 is 29.6 Å². The van der Waals surface area contributed by atoms with Crippen molar-refractivity contribution in [3.8, 4) is 11.8 Å². The van der Waals surface area contributed by atoms with Crippen LogP contribution in [0.1, 0.15) is 38.1 Å². The molecule has 0 saturated carbocycles. The highest BCUT2D eigenvalue weighted by atomic mass is 16.5. The number of aryl methyl sites for hydroxylation is 1. The molecule has 0 spiro atoms. The summed E-state index contributed by atoms with van der Waals surface area (Å²) in [5, 5.41) is 45.5. The van der Waals surface area contributed by atoms with E-state index >= 15 is 0 Å². The molecule has 10 heteroatoms. The lowest BCUT2D eigenvalue weighted by atomic mass is 10.1. The van der Waals surface area contributed by atoms with Crippen LogP contribution in [-0.2, 0) is 7.05 Å². The maximum absolute atomic E-state index is 13.1. The molecule has 0 fully saturated rings. The Kier molecular flexibility index (Phi) is 8.58. The van der Waals surface area contributed by atoms with Crippen molar-refractivity contribution in [3.05, 3.63) is 95.2 Å². The summed E-state index contributed by atoms with van der Waals surface area (Å²) in [6, 6.07) is 22.1. The van der Waals surface area contributed by atoms with Crippen molar-refractivity contribution in [1.82, 2.24) is 9.88 Å². The summed E-state index contributed by atoms with van der Waals surface area (Å²) in [6.07, 6.45) is -1.55. The number of nitrogens with one attached hydrogen (secondary N) is 2. The van der Waals surface area contributed by atoms with Crippen LogP contribution >= 0.6 is 0 Å². The highest BCUT2D eigenvalue weighted by Crippen LogP contribution is 2.29. The largest absolute Gasteiger partial charge is 0.489 e. The van der Waals surface area contributed by atoms with Gasteiger partial charge in [-0.1, -0.05) is 42.5 Å². The number of nitrogens with zero attached hydrogens (tertiary/aromatic N) is 2. The number of ether oxygens (including phenoxy) is 1. The van der Waals surface area contributed by atoms with E-state index in [1.54, 1.807) is 29.8 Å². The van der Waals surface area contributed by atoms with Gasteiger partial charge in [0.1, 0.15) is 24.2 Å². The van der Waals surface area contributed by atoms with E-state index in [4.69, 9.17) is 10.00 Å². The van der Waals surface area contributed by atoms with E-state index in [9.17, 15) is 24.9 Å². The molecule has 200 valence electrons. The second kappa shape index (κ2) is 12.2. The number of aliphatic hydroxyl groups is 2. The highest BCUT2D eigenvalue weighted by Gasteiger charge is 2.20. The van der Waals surface area contributed by atoms with Crippen molar-refractivity contribution in [2.75, 3.05) is 25.0 Å². The first-order valence-electron chi connectivity index (χ1n) is 12.2. The van der Waals surface area contributed by atoms with Gasteiger partial charge in [-0.05, 0) is 35.9 Å². The summed E-state index contributed by atoms with van der Waals surface area (Å²) in [7, 11) is 1.68. The molecule has 0 aliphatic heterocycles. The molecule has 0 saturated heterocycles. The maximum Gasteiger partial charge on any atom is 0.337 e. The van der Waals surface area contributed by atoms with E-state index < -0.39 is 24.1 Å². The summed E-state index contributed by atoms with van der Waals surface area (Å²) < 4.78 is 7.51. The lowest BCUT2D eigenvalue weighted by Crippen LogP contribution is -2.33. The number of carbonyl (C=O) groups is 2. The first kappa shape index (κ1) is 27.3. The normalized spacial score (nSPS) is 12.5. The number of fused-ring (bicyclic) bond motifs is 1. The number of carboxylic acid groups (broad SMARTS) is 1. The molecule has 0 radical (unpaired) electrons. The number of para-hydroxylation sites is 1. The molecule has 4 rings (SSSR count). The number of aromatic carboxylic acids is 1. The number of carbonyl (C=O) groups excluding carboxylic acids is 1. The second-order valence-corrected chi connectivity index (χ2v) is 8.96. The third-order valence-corrected chi connectivity index (χ3v) is 6.21. The zero-order chi connectivity index (χ0) is 27.9. The van der Waals surface area contributed by atoms with Gasteiger partial charge < -0.3 is 35.3 Å². The Balaban J connectivity index is 1.42. The number of amides is 1. The number of hydrogen-bond donors (Lipinski definition) is 5. The van der Waals surface area contributed by atoms with Crippen molar-refractivity contribution in [1.29, 1.82) is 5.26 Å². The quantitative estimate of drug-likeness (QED) is 0.199. The molecule has 5 N–H and O–H groups in total. The minimum absolute atomic E-state index is 0.0204. The number of aromatic nitrogens is 1. The summed E-state index contributed by atoms with van der Waals surface area (Å²) in [5.41, 5.74) is 1.72. The van der Waals surface area contributed by atoms with Gasteiger partial charge in [-0.25, -0.2) is 4.79 Å². The third kappa shape index (κ3) is 6.42. The van der Waals surface area contributed by atoms with Crippen molar-refractivity contribution in [2.24, 2.45) is 7.05 Å². The molecule has 2 unspecified atom stereocenters. The lowest BCUT2D eigenvalue weighted by Gasteiger charge is -2.16. The van der Waals surface area contributed by atoms with Crippen LogP contribution in [0.5, 0.6) is 5.75 Å². The molecular weight excluding hydrogens is 500 g/mol. The molecule has 1 amide bonds. The van der Waals surface area contributed by atoms with Crippen molar-refractivity contribution in [3.63, 3.8) is 0 Å². The van der Waals surface area contributed by atoms with Crippen LogP contribution in [0.2, 0.25) is 0 Å². The fraction of sp³-hybridized carbons (Fsp3) is 0.207. The van der Waals surface area contributed by atoms with Gasteiger partial charge in [-0.2, -0.15) is 5.26 Å². The molecule has 10 nitrogen and oxygen atoms in total. The van der Waals surface area contributed by atoms with Crippen LogP contribution < -0.4 is 15.4 Å². The number of nitriles is 1. The van der Waals surface area contributed by atoms with Crippen LogP contribution in [0.4, 0.5) is 5.69 Å². The molecule has 2 atom stereocenters. The summed E-state index contributed by atoms with van der Waals surface area (Å²) >= 11 is 0. The molecule has 3 aromatic carbocycles. The van der Waals surface area contributed by atoms with Gasteiger partial charge in [0.25, 0.3) is 5.91 Å². The van der Waals surface area contributed by atoms with Gasteiger partial charge in [-0.3, -0.25) is 4.79 Å². The maximum atomic E-state index is 13.1. The van der Waals surface area contributed by atoms with Crippen LogP contribution in [0.15, 0.2) is 72.8 Å². The Morgan fingerprint density at radius 3 is 2.51 bits per heavy atom. The van der Waals surface area contributed by atoms with Crippen molar-refractivity contribution >= 4 is 28.5 Å². The standard InChI is InChI=1S/C29H28N4O6/c1-33-24(28(36)32-23-11-10-18(14-30)12-22(23)29(37)38)13-20-8-5-9-26(27(20)33)39-17-21(34)15-31-16-25(35)19-6-3-2-4-7-19/h2-13,21,25,31,34-35H,15-17H2,1H3,(H,32,36)(H,37,38). The third-order valence-electron chi connectivity index (χ3n) is 6.21. The van der Waals surface area contributed by atoms with E-state index in [2.05, 4.69) is 10.6 Å². The average Bonchev–Trinajstić information content (AvgIpc) is 3.29. The van der Waals surface area contributed by atoms with E-state index in [1.165, 1.54) is 18.2 Å². The molecule has 4 aromatic rings. The van der Waals surface area contributed by atoms with Crippen LogP contribution in [0.3, 0.4) is 0 Å². The Hall–Kier alpha value is -4.69. The molecule has 1 aromatic heterocycles. The number of benzene rings is 3. The second-order valence-electron chi connectivity index (χ2n) is 8.96. The van der Waals surface area contributed by atoms with E-state index in [0.717, 1.165) is 10.9 Å². The Labute approximate surface area is 224 Å². The molecule has 1 heterocycles. The SMILES string of the molecule is Cn1c(C(=O)Nc2ccc(C#N)cc2C(=O)O)cc2cccc(OCC(O)CNCC(O)c3ccccc3)c21. The van der Waals surface area contributed by atoms with Gasteiger partial charge in [0, 0.05) is 25.5 Å². The van der Waals surface area contributed by atoms with Crippen LogP contribution in [0.25, 0.3) is 10.9 Å². The number of rotatable bonds is 11. The van der Waals surface area contributed by atoms with E-state index in [-0.39, 0.29) is 42.2 Å². The lowest BCUT2D eigenvalue weighted by molar-refractivity contribution is 0.0698. The predicted molar refractivity (Wildman–Crippen MR) is 145 cm³/mol. The molecule has 39 heavy (non-hydrogen) atoms. The Morgan fingerprint density at radius 2 is 1.79 bits per heavy atom. The van der Waals surface area contributed by atoms with Crippen LogP contribution in [-0.4, -0.2) is 57.6 Å². The smallest absolute Gasteiger partial charge is 0.337 e.